The van der Waals surface area contributed by atoms with Gasteiger partial charge in [-0.2, -0.15) is 0 Å². The summed E-state index contributed by atoms with van der Waals surface area (Å²) in [6.45, 7) is 0.314. The van der Waals surface area contributed by atoms with Crippen LogP contribution in [0.3, 0.4) is 0 Å². The summed E-state index contributed by atoms with van der Waals surface area (Å²) >= 11 is 0. The SMILES string of the molecule is COC[C@@H]1NC(=O)[C@@H](CC(=O)N[C@H](CO)Cc2ccc(OCc3ccccc3)cc2)CC=CCCCCC(=O)O[C@H]1c1ccccc1. The maximum atomic E-state index is 13.7. The predicted octanol–water partition coefficient (Wildman–Crippen LogP) is 5.23. The lowest BCUT2D eigenvalue weighted by atomic mass is 9.96. The number of hydrogen-bond acceptors (Lipinski definition) is 7. The molecule has 3 aromatic rings. The molecular weight excluding hydrogens is 596 g/mol. The zero-order valence-corrected chi connectivity index (χ0v) is 27.0. The standard InChI is InChI=1S/C38H46N2O7/c1-45-27-34-37(30-15-10-6-11-16-30)47-36(43)18-12-4-2-3-9-17-31(38(44)40-34)24-35(42)39-32(25-41)23-28-19-21-33(22-20-28)46-26-29-13-7-5-8-14-29/h3,5-11,13-16,19-22,31-32,34,37,41H,2,4,12,17-18,23-27H2,1H3,(H,39,42)(H,40,44)/t31-,32+,34+,37+/m1/s1. The molecule has 2 amide bonds. The van der Waals surface area contributed by atoms with Gasteiger partial charge in [0.15, 0.2) is 0 Å². The zero-order chi connectivity index (χ0) is 33.3. The van der Waals surface area contributed by atoms with Crippen LogP contribution in [0.1, 0.15) is 61.3 Å². The number of esters is 1. The minimum absolute atomic E-state index is 0.0750. The van der Waals surface area contributed by atoms with E-state index in [-0.39, 0.29) is 43.8 Å². The van der Waals surface area contributed by atoms with Gasteiger partial charge >= 0.3 is 5.97 Å². The van der Waals surface area contributed by atoms with Crippen LogP contribution in [0, 0.1) is 5.92 Å². The number of cyclic esters (lactones) is 1. The Kier molecular flexibility index (Phi) is 14.5. The predicted molar refractivity (Wildman–Crippen MR) is 179 cm³/mol. The molecule has 4 rings (SSSR count). The fraction of sp³-hybridized carbons (Fsp3) is 0.395. The lowest BCUT2D eigenvalue weighted by molar-refractivity contribution is -0.153. The van der Waals surface area contributed by atoms with Crippen molar-refractivity contribution in [2.24, 2.45) is 5.92 Å². The van der Waals surface area contributed by atoms with Gasteiger partial charge in [-0.25, -0.2) is 0 Å². The molecule has 9 heteroatoms. The number of aliphatic hydroxyl groups is 1. The number of nitrogens with one attached hydrogen (secondary N) is 2. The number of allylic oxidation sites excluding steroid dienone is 2. The molecule has 47 heavy (non-hydrogen) atoms. The third-order valence-electron chi connectivity index (χ3n) is 8.06. The van der Waals surface area contributed by atoms with Crippen molar-refractivity contribution in [2.45, 2.75) is 69.7 Å². The topological polar surface area (TPSA) is 123 Å². The Hall–Kier alpha value is -4.47. The maximum Gasteiger partial charge on any atom is 0.306 e. The van der Waals surface area contributed by atoms with Crippen molar-refractivity contribution in [3.63, 3.8) is 0 Å². The number of rotatable bonds is 12. The quantitative estimate of drug-likeness (QED) is 0.183. The highest BCUT2D eigenvalue weighted by atomic mass is 16.5. The molecule has 0 saturated carbocycles. The van der Waals surface area contributed by atoms with E-state index in [1.54, 1.807) is 0 Å². The maximum absolute atomic E-state index is 13.7. The molecule has 0 saturated heterocycles. The second-order valence-corrected chi connectivity index (χ2v) is 11.8. The first-order valence-electron chi connectivity index (χ1n) is 16.3. The van der Waals surface area contributed by atoms with Gasteiger partial charge in [0.05, 0.1) is 31.2 Å². The summed E-state index contributed by atoms with van der Waals surface area (Å²) < 4.78 is 17.2. The molecule has 0 aromatic heterocycles. The van der Waals surface area contributed by atoms with Gasteiger partial charge in [0.2, 0.25) is 11.8 Å². The molecule has 3 aromatic carbocycles. The summed E-state index contributed by atoms with van der Waals surface area (Å²) in [5, 5.41) is 16.0. The molecule has 0 spiro atoms. The Morgan fingerprint density at radius 1 is 0.957 bits per heavy atom. The summed E-state index contributed by atoms with van der Waals surface area (Å²) in [6.07, 6.45) is 6.38. The summed E-state index contributed by atoms with van der Waals surface area (Å²) in [5.74, 6) is -0.967. The Bertz CT molecular complexity index is 1410. The van der Waals surface area contributed by atoms with E-state index in [4.69, 9.17) is 14.2 Å². The number of benzene rings is 3. The molecule has 1 aliphatic heterocycles. The number of ether oxygens (including phenoxy) is 3. The van der Waals surface area contributed by atoms with Gasteiger partial charge in [-0.05, 0) is 60.9 Å². The Balaban J connectivity index is 1.40. The molecule has 1 heterocycles. The first-order chi connectivity index (χ1) is 22.9. The number of carbonyl (C=O) groups is 3. The molecule has 3 N–H and O–H groups in total. The van der Waals surface area contributed by atoms with Gasteiger partial charge < -0.3 is 30.0 Å². The van der Waals surface area contributed by atoms with E-state index in [0.717, 1.165) is 35.3 Å². The van der Waals surface area contributed by atoms with Crippen LogP contribution in [0.25, 0.3) is 0 Å². The van der Waals surface area contributed by atoms with Gasteiger partial charge in [-0.1, -0.05) is 84.9 Å². The van der Waals surface area contributed by atoms with E-state index in [2.05, 4.69) is 10.6 Å². The highest BCUT2D eigenvalue weighted by Gasteiger charge is 2.31. The van der Waals surface area contributed by atoms with E-state index < -0.39 is 24.1 Å². The molecular formula is C38H46N2O7. The summed E-state index contributed by atoms with van der Waals surface area (Å²) in [5.41, 5.74) is 2.75. The van der Waals surface area contributed by atoms with Gasteiger partial charge in [-0.3, -0.25) is 14.4 Å². The largest absolute Gasteiger partial charge is 0.489 e. The molecule has 9 nitrogen and oxygen atoms in total. The third kappa shape index (κ3) is 12.0. The first-order valence-corrected chi connectivity index (χ1v) is 16.3. The van der Waals surface area contributed by atoms with Crippen LogP contribution >= 0.6 is 0 Å². The van der Waals surface area contributed by atoms with Gasteiger partial charge in [-0.15, -0.1) is 0 Å². The van der Waals surface area contributed by atoms with Crippen LogP contribution in [0.5, 0.6) is 5.75 Å². The van der Waals surface area contributed by atoms with Crippen molar-refractivity contribution < 1.29 is 33.7 Å². The van der Waals surface area contributed by atoms with Crippen molar-refractivity contribution in [2.75, 3.05) is 20.3 Å². The number of carbonyl (C=O) groups excluding carboxylic acids is 3. The lowest BCUT2D eigenvalue weighted by Gasteiger charge is -2.29. The van der Waals surface area contributed by atoms with Crippen LogP contribution in [-0.4, -0.2) is 55.3 Å². The van der Waals surface area contributed by atoms with Gasteiger partial charge in [0.25, 0.3) is 0 Å². The third-order valence-corrected chi connectivity index (χ3v) is 8.06. The normalized spacial score (nSPS) is 19.9. The molecule has 0 aliphatic carbocycles. The highest BCUT2D eigenvalue weighted by molar-refractivity contribution is 5.86. The number of hydrogen-bond donors (Lipinski definition) is 3. The van der Waals surface area contributed by atoms with Gasteiger partial charge in [0.1, 0.15) is 18.5 Å². The van der Waals surface area contributed by atoms with E-state index in [0.29, 0.717) is 25.9 Å². The van der Waals surface area contributed by atoms with Crippen LogP contribution in [-0.2, 0) is 36.9 Å². The molecule has 0 radical (unpaired) electrons. The Morgan fingerprint density at radius 2 is 1.68 bits per heavy atom. The van der Waals surface area contributed by atoms with E-state index in [1.807, 2.05) is 97.1 Å². The minimum atomic E-state index is -0.755. The Labute approximate surface area is 277 Å². The fourth-order valence-electron chi connectivity index (χ4n) is 5.52. The van der Waals surface area contributed by atoms with E-state index >= 15 is 0 Å². The van der Waals surface area contributed by atoms with Crippen molar-refractivity contribution >= 4 is 17.8 Å². The summed E-state index contributed by atoms with van der Waals surface area (Å²) in [6, 6.07) is 25.6. The highest BCUT2D eigenvalue weighted by Crippen LogP contribution is 2.25. The smallest absolute Gasteiger partial charge is 0.306 e. The molecule has 0 bridgehead atoms. The van der Waals surface area contributed by atoms with Crippen LogP contribution < -0.4 is 15.4 Å². The summed E-state index contributed by atoms with van der Waals surface area (Å²) in [7, 11) is 1.52. The van der Waals surface area contributed by atoms with Gasteiger partial charge in [0, 0.05) is 20.0 Å². The Morgan fingerprint density at radius 3 is 2.38 bits per heavy atom. The monoisotopic (exact) mass is 642 g/mol. The second kappa shape index (κ2) is 19.3. The zero-order valence-electron chi connectivity index (χ0n) is 27.0. The van der Waals surface area contributed by atoms with Crippen molar-refractivity contribution in [3.8, 4) is 5.75 Å². The van der Waals surface area contributed by atoms with E-state index in [1.165, 1.54) is 7.11 Å². The molecule has 4 atom stereocenters. The molecule has 1 aliphatic rings. The van der Waals surface area contributed by atoms with Crippen LogP contribution in [0.2, 0.25) is 0 Å². The molecule has 250 valence electrons. The van der Waals surface area contributed by atoms with E-state index in [9.17, 15) is 19.5 Å². The first kappa shape index (κ1) is 35.4. The summed E-state index contributed by atoms with van der Waals surface area (Å²) in [4.78, 5) is 39.7. The average Bonchev–Trinajstić information content (AvgIpc) is 3.09. The van der Waals surface area contributed by atoms with Crippen molar-refractivity contribution in [1.82, 2.24) is 10.6 Å². The number of aliphatic hydroxyl groups excluding tert-OH is 1. The average molecular weight is 643 g/mol. The molecule has 0 fully saturated rings. The number of amides is 2. The minimum Gasteiger partial charge on any atom is -0.489 e. The van der Waals surface area contributed by atoms with Crippen molar-refractivity contribution in [1.29, 1.82) is 0 Å². The van der Waals surface area contributed by atoms with Crippen molar-refractivity contribution in [3.05, 3.63) is 114 Å². The fourth-order valence-corrected chi connectivity index (χ4v) is 5.52. The molecule has 0 unspecified atom stereocenters. The van der Waals surface area contributed by atoms with Crippen LogP contribution in [0.15, 0.2) is 97.1 Å². The number of methoxy groups -OCH3 is 1. The van der Waals surface area contributed by atoms with Crippen LogP contribution in [0.4, 0.5) is 0 Å². The lowest BCUT2D eigenvalue weighted by Crippen LogP contribution is -2.47. The second-order valence-electron chi connectivity index (χ2n) is 11.8.